The van der Waals surface area contributed by atoms with Crippen LogP contribution in [0.25, 0.3) is 0 Å². The minimum Gasteiger partial charge on any atom is -0.497 e. The molecule has 0 saturated carbocycles. The smallest absolute Gasteiger partial charge is 0.250 e. The molecule has 0 fully saturated rings. The van der Waals surface area contributed by atoms with E-state index in [1.165, 1.54) is 0 Å². The number of methoxy groups -OCH3 is 1. The molecule has 0 radical (unpaired) electrons. The summed E-state index contributed by atoms with van der Waals surface area (Å²) in [5, 5.41) is 0.0193. The normalized spacial score (nSPS) is 14.3. The Hall–Kier alpha value is -1.63. The molecule has 0 spiro atoms. The molecule has 0 saturated heterocycles. The highest BCUT2D eigenvalue weighted by molar-refractivity contribution is 6.74. The van der Waals surface area contributed by atoms with E-state index in [0.29, 0.717) is 13.0 Å². The van der Waals surface area contributed by atoms with Gasteiger partial charge < -0.3 is 18.8 Å². The maximum Gasteiger partial charge on any atom is 0.250 e. The van der Waals surface area contributed by atoms with Crippen molar-refractivity contribution in [3.8, 4) is 5.75 Å². The van der Waals surface area contributed by atoms with Crippen LogP contribution in [-0.4, -0.2) is 52.5 Å². The van der Waals surface area contributed by atoms with Crippen molar-refractivity contribution in [2.75, 3.05) is 21.2 Å². The molecule has 6 heteroatoms. The maximum atomic E-state index is 12.8. The predicted octanol–water partition coefficient (Wildman–Crippen LogP) is 4.64. The van der Waals surface area contributed by atoms with Crippen molar-refractivity contribution in [1.29, 1.82) is 0 Å². The van der Waals surface area contributed by atoms with Gasteiger partial charge in [-0.3, -0.25) is 4.79 Å². The Kier molecular flexibility index (Phi) is 8.92. The standard InChI is InChI=1S/C22H37NO4Si/c1-10-18(26-16-17-11-13-19(25-7)14-12-17)15-20(21(24)23(5)6)27-28(8,9)22(2,3)4/h10-14,18,20H,1,15-16H2,2-9H3/t18-,20+/m1/s1. The van der Waals surface area contributed by atoms with E-state index < -0.39 is 14.4 Å². The molecule has 158 valence electrons. The van der Waals surface area contributed by atoms with Crippen LogP contribution in [-0.2, 0) is 20.6 Å². The van der Waals surface area contributed by atoms with Gasteiger partial charge in [0.1, 0.15) is 11.9 Å². The van der Waals surface area contributed by atoms with Gasteiger partial charge in [0.05, 0.1) is 19.8 Å². The molecule has 1 rings (SSSR count). The zero-order valence-electron chi connectivity index (χ0n) is 18.7. The topological polar surface area (TPSA) is 48.0 Å². The Balaban J connectivity index is 2.85. The molecule has 0 heterocycles. The molecule has 2 atom stereocenters. The maximum absolute atomic E-state index is 12.8. The Morgan fingerprint density at radius 2 is 1.79 bits per heavy atom. The van der Waals surface area contributed by atoms with Crippen LogP contribution in [0, 0.1) is 0 Å². The van der Waals surface area contributed by atoms with E-state index in [2.05, 4.69) is 40.4 Å². The van der Waals surface area contributed by atoms with Crippen LogP contribution in [0.3, 0.4) is 0 Å². The van der Waals surface area contributed by atoms with E-state index in [0.717, 1.165) is 11.3 Å². The lowest BCUT2D eigenvalue weighted by Gasteiger charge is -2.39. The Bertz CT molecular complexity index is 635. The quantitative estimate of drug-likeness (QED) is 0.419. The third kappa shape index (κ3) is 7.07. The summed E-state index contributed by atoms with van der Waals surface area (Å²) in [5.41, 5.74) is 1.04. The van der Waals surface area contributed by atoms with Crippen LogP contribution in [0.4, 0.5) is 0 Å². The average molecular weight is 408 g/mol. The lowest BCUT2D eigenvalue weighted by molar-refractivity contribution is -0.138. The van der Waals surface area contributed by atoms with Crippen molar-refractivity contribution in [2.45, 2.75) is 64.1 Å². The minimum absolute atomic E-state index is 0.0193. The monoisotopic (exact) mass is 407 g/mol. The second-order valence-corrected chi connectivity index (χ2v) is 13.5. The summed E-state index contributed by atoms with van der Waals surface area (Å²) in [6.45, 7) is 15.1. The first kappa shape index (κ1) is 24.4. The third-order valence-electron chi connectivity index (χ3n) is 5.29. The van der Waals surface area contributed by atoms with E-state index in [-0.39, 0.29) is 17.0 Å². The summed E-state index contributed by atoms with van der Waals surface area (Å²) >= 11 is 0. The average Bonchev–Trinajstić information content (AvgIpc) is 2.62. The van der Waals surface area contributed by atoms with Gasteiger partial charge in [0, 0.05) is 20.5 Å². The van der Waals surface area contributed by atoms with Gasteiger partial charge in [-0.1, -0.05) is 39.0 Å². The molecule has 28 heavy (non-hydrogen) atoms. The second kappa shape index (κ2) is 10.2. The fourth-order valence-electron chi connectivity index (χ4n) is 2.39. The molecule has 0 N–H and O–H groups in total. The number of benzene rings is 1. The summed E-state index contributed by atoms with van der Waals surface area (Å²) < 4.78 is 17.6. The number of hydrogen-bond donors (Lipinski definition) is 0. The van der Waals surface area contributed by atoms with Crippen molar-refractivity contribution >= 4 is 14.2 Å². The van der Waals surface area contributed by atoms with Gasteiger partial charge in [0.25, 0.3) is 0 Å². The number of carbonyl (C=O) groups excluding carboxylic acids is 1. The lowest BCUT2D eigenvalue weighted by Crippen LogP contribution is -2.49. The zero-order valence-corrected chi connectivity index (χ0v) is 19.7. The van der Waals surface area contributed by atoms with Crippen LogP contribution in [0.1, 0.15) is 32.8 Å². The highest BCUT2D eigenvalue weighted by Gasteiger charge is 2.41. The summed E-state index contributed by atoms with van der Waals surface area (Å²) in [4.78, 5) is 14.3. The molecular weight excluding hydrogens is 370 g/mol. The van der Waals surface area contributed by atoms with Crippen molar-refractivity contribution in [2.24, 2.45) is 0 Å². The molecule has 0 aliphatic rings. The SMILES string of the molecule is C=C[C@H](C[C@H](O[Si](C)(C)C(C)(C)C)C(=O)N(C)C)OCc1ccc(OC)cc1. The highest BCUT2D eigenvalue weighted by Crippen LogP contribution is 2.38. The first-order chi connectivity index (χ1) is 12.9. The zero-order chi connectivity index (χ0) is 21.5. The van der Waals surface area contributed by atoms with Gasteiger partial charge in [-0.15, -0.1) is 6.58 Å². The highest BCUT2D eigenvalue weighted by atomic mass is 28.4. The van der Waals surface area contributed by atoms with E-state index >= 15 is 0 Å². The lowest BCUT2D eigenvalue weighted by atomic mass is 10.1. The van der Waals surface area contributed by atoms with E-state index in [1.54, 1.807) is 32.2 Å². The number of hydrogen-bond acceptors (Lipinski definition) is 4. The number of likely N-dealkylation sites (N-methyl/N-ethyl adjacent to an activating group) is 1. The largest absolute Gasteiger partial charge is 0.497 e. The van der Waals surface area contributed by atoms with Crippen LogP contribution < -0.4 is 4.74 Å². The Morgan fingerprint density at radius 3 is 2.21 bits per heavy atom. The molecule has 5 nitrogen and oxygen atoms in total. The first-order valence-electron chi connectivity index (χ1n) is 9.67. The van der Waals surface area contributed by atoms with Crippen molar-refractivity contribution in [1.82, 2.24) is 4.90 Å². The molecule has 0 unspecified atom stereocenters. The van der Waals surface area contributed by atoms with Crippen molar-refractivity contribution in [3.63, 3.8) is 0 Å². The molecule has 1 amide bonds. The van der Waals surface area contributed by atoms with Crippen LogP contribution in [0.15, 0.2) is 36.9 Å². The van der Waals surface area contributed by atoms with Crippen LogP contribution in [0.2, 0.25) is 18.1 Å². The fourth-order valence-corrected chi connectivity index (χ4v) is 3.65. The molecule has 0 bridgehead atoms. The van der Waals surface area contributed by atoms with Gasteiger partial charge in [0.15, 0.2) is 8.32 Å². The Morgan fingerprint density at radius 1 is 1.21 bits per heavy atom. The number of carbonyl (C=O) groups is 1. The van der Waals surface area contributed by atoms with Crippen LogP contribution in [0.5, 0.6) is 5.75 Å². The number of ether oxygens (including phenoxy) is 2. The van der Waals surface area contributed by atoms with Gasteiger partial charge in [0.2, 0.25) is 5.91 Å². The number of amides is 1. The Labute approximate surface area is 171 Å². The molecule has 1 aromatic carbocycles. The van der Waals surface area contributed by atoms with Gasteiger partial charge >= 0.3 is 0 Å². The summed E-state index contributed by atoms with van der Waals surface area (Å²) in [6.07, 6.45) is 1.37. The minimum atomic E-state index is -2.10. The van der Waals surface area contributed by atoms with Gasteiger partial charge in [-0.05, 0) is 35.8 Å². The van der Waals surface area contributed by atoms with Gasteiger partial charge in [-0.25, -0.2) is 0 Å². The molecule has 0 aromatic heterocycles. The van der Waals surface area contributed by atoms with Crippen LogP contribution >= 0.6 is 0 Å². The summed E-state index contributed by atoms with van der Waals surface area (Å²) in [5.74, 6) is 0.771. The number of nitrogens with zero attached hydrogens (tertiary/aromatic N) is 1. The summed E-state index contributed by atoms with van der Waals surface area (Å²) in [6, 6.07) is 7.74. The second-order valence-electron chi connectivity index (χ2n) is 8.77. The molecule has 0 aliphatic heterocycles. The predicted molar refractivity (Wildman–Crippen MR) is 117 cm³/mol. The third-order valence-corrected chi connectivity index (χ3v) is 9.78. The molecule has 1 aromatic rings. The van der Waals surface area contributed by atoms with E-state index in [4.69, 9.17) is 13.9 Å². The summed E-state index contributed by atoms with van der Waals surface area (Å²) in [7, 11) is 3.05. The van der Waals surface area contributed by atoms with Crippen molar-refractivity contribution in [3.05, 3.63) is 42.5 Å². The van der Waals surface area contributed by atoms with E-state index in [1.807, 2.05) is 24.3 Å². The molecule has 0 aliphatic carbocycles. The molecular formula is C22H37NO4Si. The first-order valence-corrected chi connectivity index (χ1v) is 12.6. The fraction of sp³-hybridized carbons (Fsp3) is 0.591. The van der Waals surface area contributed by atoms with E-state index in [9.17, 15) is 4.79 Å². The van der Waals surface area contributed by atoms with Crippen molar-refractivity contribution < 1.29 is 18.7 Å². The van der Waals surface area contributed by atoms with Gasteiger partial charge in [-0.2, -0.15) is 0 Å². The number of rotatable bonds is 10.